The molecule has 0 unspecified atom stereocenters. The van der Waals surface area contributed by atoms with Gasteiger partial charge in [0, 0.05) is 4.90 Å². The monoisotopic (exact) mass is 385 g/mol. The molecule has 1 heterocycles. The summed E-state index contributed by atoms with van der Waals surface area (Å²) in [6.07, 6.45) is 0. The van der Waals surface area contributed by atoms with Gasteiger partial charge in [-0.1, -0.05) is 22.8 Å². The molecule has 27 heavy (non-hydrogen) atoms. The van der Waals surface area contributed by atoms with Crippen molar-refractivity contribution in [3.63, 3.8) is 0 Å². The van der Waals surface area contributed by atoms with E-state index in [1.807, 2.05) is 31.2 Å². The Morgan fingerprint density at radius 1 is 1.11 bits per heavy atom. The topological polar surface area (TPSA) is 86.5 Å². The Bertz CT molecular complexity index is 925. The number of nitrogens with zero attached hydrogens (tertiary/aromatic N) is 2. The highest BCUT2D eigenvalue weighted by Crippen LogP contribution is 2.33. The first-order valence-corrected chi connectivity index (χ1v) is 9.13. The third-order valence-corrected chi connectivity index (χ3v) is 4.71. The van der Waals surface area contributed by atoms with Gasteiger partial charge < -0.3 is 13.9 Å². The van der Waals surface area contributed by atoms with E-state index in [1.165, 1.54) is 17.3 Å². The fraction of sp³-hybridized carbons (Fsp3) is 0.211. The second-order valence-corrected chi connectivity index (χ2v) is 6.68. The summed E-state index contributed by atoms with van der Waals surface area (Å²) in [5.74, 6) is 1.43. The van der Waals surface area contributed by atoms with E-state index in [2.05, 4.69) is 15.5 Å². The van der Waals surface area contributed by atoms with Crippen molar-refractivity contribution < 1.29 is 18.7 Å². The molecule has 0 radical (unpaired) electrons. The summed E-state index contributed by atoms with van der Waals surface area (Å²) in [5, 5.41) is 10.5. The van der Waals surface area contributed by atoms with E-state index in [1.54, 1.807) is 32.4 Å². The number of aromatic nitrogens is 2. The van der Waals surface area contributed by atoms with Gasteiger partial charge in [0.1, 0.15) is 11.5 Å². The lowest BCUT2D eigenvalue weighted by Crippen LogP contribution is -2.14. The first-order chi connectivity index (χ1) is 13.1. The number of amides is 1. The number of thioether (sulfide) groups is 1. The van der Waals surface area contributed by atoms with Gasteiger partial charge in [0.05, 0.1) is 25.5 Å². The van der Waals surface area contributed by atoms with Crippen LogP contribution in [0.2, 0.25) is 0 Å². The highest BCUT2D eigenvalue weighted by atomic mass is 32.2. The minimum atomic E-state index is -0.228. The highest BCUT2D eigenvalue weighted by Gasteiger charge is 2.16. The number of rotatable bonds is 7. The number of hydrogen-bond acceptors (Lipinski definition) is 7. The molecule has 0 spiro atoms. The smallest absolute Gasteiger partial charge is 0.322 e. The lowest BCUT2D eigenvalue weighted by atomic mass is 10.2. The Balaban J connectivity index is 1.65. The maximum absolute atomic E-state index is 12.1. The number of hydrogen-bond donors (Lipinski definition) is 1. The molecule has 0 aliphatic heterocycles. The number of anilines is 1. The van der Waals surface area contributed by atoms with E-state index in [-0.39, 0.29) is 23.6 Å². The molecule has 2 aromatic carbocycles. The van der Waals surface area contributed by atoms with E-state index >= 15 is 0 Å². The molecule has 0 saturated carbocycles. The van der Waals surface area contributed by atoms with Crippen LogP contribution in [0.25, 0.3) is 11.5 Å². The SMILES string of the molecule is COc1ccc(OC)c(-c2nnc(NC(=O)CSc3ccc(C)cc3)o2)c1. The summed E-state index contributed by atoms with van der Waals surface area (Å²) in [6, 6.07) is 13.2. The second kappa shape index (κ2) is 8.59. The molecule has 8 heteroatoms. The lowest BCUT2D eigenvalue weighted by Gasteiger charge is -2.07. The van der Waals surface area contributed by atoms with Crippen LogP contribution in [-0.2, 0) is 4.79 Å². The molecule has 7 nitrogen and oxygen atoms in total. The largest absolute Gasteiger partial charge is 0.497 e. The van der Waals surface area contributed by atoms with Gasteiger partial charge in [0.15, 0.2) is 0 Å². The molecule has 1 N–H and O–H groups in total. The van der Waals surface area contributed by atoms with E-state index in [4.69, 9.17) is 13.9 Å². The van der Waals surface area contributed by atoms with E-state index < -0.39 is 0 Å². The van der Waals surface area contributed by atoms with Crippen LogP contribution in [0, 0.1) is 6.92 Å². The van der Waals surface area contributed by atoms with Gasteiger partial charge in [0.25, 0.3) is 5.89 Å². The van der Waals surface area contributed by atoms with Gasteiger partial charge in [-0.2, -0.15) is 0 Å². The van der Waals surface area contributed by atoms with Crippen LogP contribution in [0.4, 0.5) is 6.01 Å². The molecule has 0 fully saturated rings. The lowest BCUT2D eigenvalue weighted by molar-refractivity contribution is -0.113. The van der Waals surface area contributed by atoms with Crippen molar-refractivity contribution in [2.75, 3.05) is 25.3 Å². The van der Waals surface area contributed by atoms with Crippen LogP contribution >= 0.6 is 11.8 Å². The Labute approximate surface area is 161 Å². The summed E-state index contributed by atoms with van der Waals surface area (Å²) in [6.45, 7) is 2.02. The third kappa shape index (κ3) is 4.79. The third-order valence-electron chi connectivity index (χ3n) is 3.70. The van der Waals surface area contributed by atoms with E-state index in [0.717, 1.165) is 4.90 Å². The predicted octanol–water partition coefficient (Wildman–Crippen LogP) is 3.79. The van der Waals surface area contributed by atoms with Gasteiger partial charge in [-0.3, -0.25) is 10.1 Å². The second-order valence-electron chi connectivity index (χ2n) is 5.63. The molecular formula is C19H19N3O4S. The molecule has 0 aliphatic rings. The first-order valence-electron chi connectivity index (χ1n) is 8.14. The number of ether oxygens (including phenoxy) is 2. The zero-order valence-electron chi connectivity index (χ0n) is 15.2. The zero-order chi connectivity index (χ0) is 19.2. The van der Waals surface area contributed by atoms with Gasteiger partial charge >= 0.3 is 6.01 Å². The average Bonchev–Trinajstić information content (AvgIpc) is 3.15. The van der Waals surface area contributed by atoms with Crippen molar-refractivity contribution in [2.45, 2.75) is 11.8 Å². The summed E-state index contributed by atoms with van der Waals surface area (Å²) in [7, 11) is 3.11. The van der Waals surface area contributed by atoms with Crippen molar-refractivity contribution in [1.29, 1.82) is 0 Å². The van der Waals surface area contributed by atoms with Crippen molar-refractivity contribution in [1.82, 2.24) is 10.2 Å². The summed E-state index contributed by atoms with van der Waals surface area (Å²) < 4.78 is 16.1. The minimum absolute atomic E-state index is 0.0318. The summed E-state index contributed by atoms with van der Waals surface area (Å²) in [5.41, 5.74) is 1.76. The van der Waals surface area contributed by atoms with Crippen LogP contribution in [0.15, 0.2) is 51.8 Å². The normalized spacial score (nSPS) is 10.5. The highest BCUT2D eigenvalue weighted by molar-refractivity contribution is 8.00. The number of methoxy groups -OCH3 is 2. The number of nitrogens with one attached hydrogen (secondary N) is 1. The molecule has 3 aromatic rings. The van der Waals surface area contributed by atoms with Crippen LogP contribution in [-0.4, -0.2) is 36.1 Å². The van der Waals surface area contributed by atoms with E-state index in [9.17, 15) is 4.79 Å². The molecule has 3 rings (SSSR count). The predicted molar refractivity (Wildman–Crippen MR) is 103 cm³/mol. The minimum Gasteiger partial charge on any atom is -0.497 e. The van der Waals surface area contributed by atoms with Crippen LogP contribution in [0.3, 0.4) is 0 Å². The quantitative estimate of drug-likeness (QED) is 0.619. The average molecular weight is 385 g/mol. The Morgan fingerprint density at radius 3 is 2.59 bits per heavy atom. The zero-order valence-corrected chi connectivity index (χ0v) is 16.0. The molecule has 140 valence electrons. The Kier molecular flexibility index (Phi) is 5.97. The maximum Gasteiger partial charge on any atom is 0.322 e. The maximum atomic E-state index is 12.1. The Morgan fingerprint density at radius 2 is 1.89 bits per heavy atom. The fourth-order valence-electron chi connectivity index (χ4n) is 2.30. The van der Waals surface area contributed by atoms with Crippen molar-refractivity contribution in [3.05, 3.63) is 48.0 Å². The number of aryl methyl sites for hydroxylation is 1. The van der Waals surface area contributed by atoms with Crippen LogP contribution < -0.4 is 14.8 Å². The van der Waals surface area contributed by atoms with Gasteiger partial charge in [-0.15, -0.1) is 16.9 Å². The van der Waals surface area contributed by atoms with Crippen LogP contribution in [0.1, 0.15) is 5.56 Å². The summed E-state index contributed by atoms with van der Waals surface area (Å²) in [4.78, 5) is 13.1. The van der Waals surface area contributed by atoms with Gasteiger partial charge in [-0.05, 0) is 37.3 Å². The molecule has 0 bridgehead atoms. The molecule has 1 aromatic heterocycles. The van der Waals surface area contributed by atoms with Crippen molar-refractivity contribution in [2.24, 2.45) is 0 Å². The summed E-state index contributed by atoms with van der Waals surface area (Å²) >= 11 is 1.43. The van der Waals surface area contributed by atoms with Crippen LogP contribution in [0.5, 0.6) is 11.5 Å². The molecule has 0 atom stereocenters. The fourth-order valence-corrected chi connectivity index (χ4v) is 3.00. The van der Waals surface area contributed by atoms with Crippen molar-refractivity contribution in [3.8, 4) is 23.0 Å². The van der Waals surface area contributed by atoms with Gasteiger partial charge in [-0.25, -0.2) is 0 Å². The van der Waals surface area contributed by atoms with Gasteiger partial charge in [0.2, 0.25) is 5.91 Å². The number of carbonyl (C=O) groups excluding carboxylic acids is 1. The standard InChI is InChI=1S/C19H19N3O4S/c1-12-4-7-14(8-5-12)27-11-17(23)20-19-22-21-18(26-19)15-10-13(24-2)6-9-16(15)25-3/h4-10H,11H2,1-3H3,(H,20,22,23). The molecule has 0 saturated heterocycles. The Hall–Kier alpha value is -3.00. The number of carbonyl (C=O) groups is 1. The molecule has 0 aliphatic carbocycles. The first kappa shape index (κ1) is 18.8. The number of benzene rings is 2. The van der Waals surface area contributed by atoms with E-state index in [0.29, 0.717) is 17.1 Å². The molecule has 1 amide bonds. The van der Waals surface area contributed by atoms with Crippen molar-refractivity contribution >= 4 is 23.7 Å². The molecular weight excluding hydrogens is 366 g/mol.